The molecule has 162 valence electrons. The van der Waals surface area contributed by atoms with Crippen LogP contribution in [-0.4, -0.2) is 67.5 Å². The second-order valence-corrected chi connectivity index (χ2v) is 7.90. The molecule has 1 unspecified atom stereocenters. The van der Waals surface area contributed by atoms with Crippen LogP contribution in [0.15, 0.2) is 54.7 Å². The zero-order valence-electron chi connectivity index (χ0n) is 17.9. The Balaban J connectivity index is 1.34. The molecule has 1 saturated heterocycles. The number of benzene rings is 2. The Morgan fingerprint density at radius 2 is 1.84 bits per heavy atom. The molecule has 7 nitrogen and oxygen atoms in total. The fourth-order valence-corrected chi connectivity index (χ4v) is 3.84. The topological polar surface area (TPSA) is 77.7 Å². The minimum atomic E-state index is -0.423. The van der Waals surface area contributed by atoms with Crippen LogP contribution in [0, 0.1) is 0 Å². The lowest BCUT2D eigenvalue weighted by molar-refractivity contribution is -0.117. The zero-order chi connectivity index (χ0) is 21.8. The van der Waals surface area contributed by atoms with Gasteiger partial charge in [0.25, 0.3) is 0 Å². The molecule has 3 aromatic rings. The van der Waals surface area contributed by atoms with Gasteiger partial charge < -0.3 is 19.9 Å². The summed E-state index contributed by atoms with van der Waals surface area (Å²) in [6.45, 7) is 5.17. The van der Waals surface area contributed by atoms with Crippen LogP contribution in [-0.2, 0) is 9.53 Å². The third-order valence-electron chi connectivity index (χ3n) is 5.82. The van der Waals surface area contributed by atoms with Crippen molar-refractivity contribution in [1.82, 2.24) is 9.88 Å². The summed E-state index contributed by atoms with van der Waals surface area (Å²) in [5.74, 6) is -0.164. The Labute approximate surface area is 182 Å². The van der Waals surface area contributed by atoms with E-state index in [2.05, 4.69) is 15.2 Å². The number of hydrogen-bond acceptors (Lipinski definition) is 5. The molecule has 4 rings (SSSR count). The first-order valence-corrected chi connectivity index (χ1v) is 10.6. The van der Waals surface area contributed by atoms with Gasteiger partial charge in [-0.2, -0.15) is 0 Å². The van der Waals surface area contributed by atoms with Gasteiger partial charge in [-0.1, -0.05) is 18.2 Å². The molecule has 2 aromatic carbocycles. The number of morpholine rings is 1. The van der Waals surface area contributed by atoms with Gasteiger partial charge in [0.05, 0.1) is 25.8 Å². The second kappa shape index (κ2) is 9.32. The molecular weight excluding hydrogens is 392 g/mol. The Morgan fingerprint density at radius 1 is 1.13 bits per heavy atom. The molecule has 7 heteroatoms. The molecule has 1 amide bonds. The summed E-state index contributed by atoms with van der Waals surface area (Å²) in [6.07, 6.45) is 1.74. The highest BCUT2D eigenvalue weighted by Crippen LogP contribution is 2.21. The normalized spacial score (nSPS) is 15.3. The lowest BCUT2D eigenvalue weighted by atomic mass is 10.0. The molecule has 0 radical (unpaired) electrons. The van der Waals surface area contributed by atoms with Crippen LogP contribution in [0.4, 0.5) is 11.4 Å². The molecular formula is C24H28N4O3. The van der Waals surface area contributed by atoms with Crippen molar-refractivity contribution in [3.05, 3.63) is 60.3 Å². The third kappa shape index (κ3) is 4.78. The Kier molecular flexibility index (Phi) is 6.34. The molecule has 2 heterocycles. The van der Waals surface area contributed by atoms with Crippen molar-refractivity contribution in [1.29, 1.82) is 0 Å². The molecule has 2 N–H and O–H groups in total. The maximum Gasteiger partial charge on any atom is 0.238 e. The van der Waals surface area contributed by atoms with Gasteiger partial charge >= 0.3 is 0 Å². The number of carbonyl (C=O) groups is 2. The van der Waals surface area contributed by atoms with Crippen LogP contribution in [0.1, 0.15) is 17.3 Å². The summed E-state index contributed by atoms with van der Waals surface area (Å²) in [7, 11) is 1.79. The number of rotatable bonds is 7. The first kappa shape index (κ1) is 21.1. The highest BCUT2D eigenvalue weighted by molar-refractivity contribution is 6.10. The molecule has 0 bridgehead atoms. The average molecular weight is 421 g/mol. The Hall–Kier alpha value is -3.16. The van der Waals surface area contributed by atoms with Crippen molar-refractivity contribution >= 4 is 34.0 Å². The molecule has 31 heavy (non-hydrogen) atoms. The number of anilines is 2. The van der Waals surface area contributed by atoms with Gasteiger partial charge in [-0.25, -0.2) is 0 Å². The second-order valence-electron chi connectivity index (χ2n) is 7.90. The number of nitrogens with zero attached hydrogens (tertiary/aromatic N) is 2. The van der Waals surface area contributed by atoms with Crippen LogP contribution in [0.2, 0.25) is 0 Å². The lowest BCUT2D eigenvalue weighted by Crippen LogP contribution is -2.40. The standard InChI is InChI=1S/C24H28N4O3/c1-17(24(30)21-15-25-22-6-4-3-5-20(21)22)27(2)16-23(29)26-18-7-9-19(10-8-18)28-11-13-31-14-12-28/h3-10,15,17,25H,11-14,16H2,1-2H3,(H,26,29). The SMILES string of the molecule is CC(C(=O)c1c[nH]c2ccccc12)N(C)CC(=O)Nc1ccc(N2CCOCC2)cc1. The van der Waals surface area contributed by atoms with Crippen molar-refractivity contribution in [2.45, 2.75) is 13.0 Å². The van der Waals surface area contributed by atoms with Gasteiger partial charge in [0, 0.05) is 47.1 Å². The number of aromatic nitrogens is 1. The van der Waals surface area contributed by atoms with E-state index in [1.165, 1.54) is 0 Å². The van der Waals surface area contributed by atoms with E-state index < -0.39 is 6.04 Å². The minimum Gasteiger partial charge on any atom is -0.378 e. The smallest absolute Gasteiger partial charge is 0.238 e. The molecule has 0 saturated carbocycles. The fourth-order valence-electron chi connectivity index (χ4n) is 3.84. The summed E-state index contributed by atoms with van der Waals surface area (Å²) < 4.78 is 5.39. The van der Waals surface area contributed by atoms with Crippen LogP contribution >= 0.6 is 0 Å². The minimum absolute atomic E-state index is 0.0115. The fraction of sp³-hybridized carbons (Fsp3) is 0.333. The van der Waals surface area contributed by atoms with E-state index in [-0.39, 0.29) is 18.2 Å². The van der Waals surface area contributed by atoms with Crippen molar-refractivity contribution in [2.24, 2.45) is 0 Å². The van der Waals surface area contributed by atoms with E-state index in [1.54, 1.807) is 18.1 Å². The number of nitrogens with one attached hydrogen (secondary N) is 2. The number of fused-ring (bicyclic) bond motifs is 1. The van der Waals surface area contributed by atoms with E-state index >= 15 is 0 Å². The number of hydrogen-bond donors (Lipinski definition) is 2. The van der Waals surface area contributed by atoms with Crippen LogP contribution in [0.3, 0.4) is 0 Å². The van der Waals surface area contributed by atoms with Crippen molar-refractivity contribution in [3.8, 4) is 0 Å². The number of ether oxygens (including phenoxy) is 1. The number of likely N-dealkylation sites (N-methyl/N-ethyl adjacent to an activating group) is 1. The van der Waals surface area contributed by atoms with Crippen LogP contribution in [0.25, 0.3) is 10.9 Å². The largest absolute Gasteiger partial charge is 0.378 e. The van der Waals surface area contributed by atoms with E-state index in [0.717, 1.165) is 48.6 Å². The van der Waals surface area contributed by atoms with Gasteiger partial charge in [0.2, 0.25) is 5.91 Å². The summed E-state index contributed by atoms with van der Waals surface area (Å²) in [5.41, 5.74) is 3.44. The van der Waals surface area contributed by atoms with Crippen molar-refractivity contribution in [2.75, 3.05) is 50.1 Å². The van der Waals surface area contributed by atoms with Gasteiger partial charge in [0.15, 0.2) is 5.78 Å². The maximum absolute atomic E-state index is 13.0. The average Bonchev–Trinajstić information content (AvgIpc) is 3.23. The molecule has 0 aliphatic carbocycles. The molecule has 1 aromatic heterocycles. The lowest BCUT2D eigenvalue weighted by Gasteiger charge is -2.29. The van der Waals surface area contributed by atoms with Crippen LogP contribution < -0.4 is 10.2 Å². The first-order valence-electron chi connectivity index (χ1n) is 10.6. The van der Waals surface area contributed by atoms with E-state index in [1.807, 2.05) is 55.5 Å². The van der Waals surface area contributed by atoms with E-state index in [0.29, 0.717) is 5.56 Å². The quantitative estimate of drug-likeness (QED) is 0.574. The number of ketones is 1. The number of para-hydroxylation sites is 1. The number of H-pyrrole nitrogens is 1. The third-order valence-corrected chi connectivity index (χ3v) is 5.82. The van der Waals surface area contributed by atoms with Gasteiger partial charge in [0.1, 0.15) is 0 Å². The van der Waals surface area contributed by atoms with Gasteiger partial charge in [-0.05, 0) is 44.3 Å². The molecule has 1 aliphatic rings. The summed E-state index contributed by atoms with van der Waals surface area (Å²) in [6, 6.07) is 15.1. The number of amides is 1. The van der Waals surface area contributed by atoms with E-state index in [4.69, 9.17) is 4.74 Å². The monoisotopic (exact) mass is 420 g/mol. The number of carbonyl (C=O) groups excluding carboxylic acids is 2. The molecule has 1 fully saturated rings. The van der Waals surface area contributed by atoms with Gasteiger partial charge in [-0.3, -0.25) is 14.5 Å². The zero-order valence-corrected chi connectivity index (χ0v) is 17.9. The molecule has 1 atom stereocenters. The predicted octanol–water partition coefficient (Wildman–Crippen LogP) is 3.15. The predicted molar refractivity (Wildman–Crippen MR) is 123 cm³/mol. The van der Waals surface area contributed by atoms with Crippen molar-refractivity contribution in [3.63, 3.8) is 0 Å². The van der Waals surface area contributed by atoms with Crippen molar-refractivity contribution < 1.29 is 14.3 Å². The van der Waals surface area contributed by atoms with Crippen LogP contribution in [0.5, 0.6) is 0 Å². The first-order chi connectivity index (χ1) is 15.0. The highest BCUT2D eigenvalue weighted by Gasteiger charge is 2.23. The Morgan fingerprint density at radius 3 is 2.58 bits per heavy atom. The maximum atomic E-state index is 13.0. The van der Waals surface area contributed by atoms with Gasteiger partial charge in [-0.15, -0.1) is 0 Å². The Bertz CT molecular complexity index is 1050. The molecule has 0 spiro atoms. The number of Topliss-reactive ketones (excluding diaryl/α,β-unsaturated/α-hetero) is 1. The summed E-state index contributed by atoms with van der Waals surface area (Å²) in [4.78, 5) is 32.7. The molecule has 1 aliphatic heterocycles. The van der Waals surface area contributed by atoms with E-state index in [9.17, 15) is 9.59 Å². The summed E-state index contributed by atoms with van der Waals surface area (Å²) >= 11 is 0. The number of aromatic amines is 1. The summed E-state index contributed by atoms with van der Waals surface area (Å²) in [5, 5.41) is 3.82. The highest BCUT2D eigenvalue weighted by atomic mass is 16.5.